The number of phenols is 2. The molecule has 0 spiro atoms. The third-order valence-electron chi connectivity index (χ3n) is 9.79. The molecule has 5 amide bonds. The molecule has 1 aliphatic carbocycles. The highest BCUT2D eigenvalue weighted by atomic mass is 16.5. The number of hydrogen-bond donors (Lipinski definition) is 10. The van der Waals surface area contributed by atoms with E-state index in [-0.39, 0.29) is 69.8 Å². The molecule has 2 aromatic heterocycles. The van der Waals surface area contributed by atoms with Crippen LogP contribution < -0.4 is 41.4 Å². The van der Waals surface area contributed by atoms with Crippen molar-refractivity contribution in [2.75, 3.05) is 35.5 Å². The number of aromatic nitrogens is 4. The number of aliphatic imine (C=N–C) groups is 1. The summed E-state index contributed by atoms with van der Waals surface area (Å²) < 4.78 is 10.4. The number of pyridine rings is 1. The van der Waals surface area contributed by atoms with Crippen LogP contribution in [-0.2, 0) is 16.0 Å². The minimum absolute atomic E-state index is 0.0439. The van der Waals surface area contributed by atoms with Gasteiger partial charge in [-0.25, -0.2) is 9.78 Å². The number of carboxylic acid groups (broad SMARTS) is 1. The van der Waals surface area contributed by atoms with Gasteiger partial charge in [-0.15, -0.1) is 0 Å². The number of hydrogen-bond acceptors (Lipinski definition) is 15. The van der Waals surface area contributed by atoms with E-state index in [1.165, 1.54) is 62.0 Å². The molecule has 0 saturated heterocycles. The van der Waals surface area contributed by atoms with Gasteiger partial charge in [0.2, 0.25) is 5.91 Å². The van der Waals surface area contributed by atoms with E-state index in [0.29, 0.717) is 17.0 Å². The predicted molar refractivity (Wildman–Crippen MR) is 228 cm³/mol. The summed E-state index contributed by atoms with van der Waals surface area (Å²) in [7, 11) is 2.35. The first-order valence-electron chi connectivity index (χ1n) is 19.0. The molecule has 3 atom stereocenters. The number of methoxy groups -OCH3 is 2. The van der Waals surface area contributed by atoms with Crippen LogP contribution in [0.4, 0.5) is 22.7 Å². The van der Waals surface area contributed by atoms with Crippen molar-refractivity contribution >= 4 is 64.6 Å². The first kappa shape index (κ1) is 43.0. The number of carboxylic acids is 1. The number of aromatic hydroxyl groups is 2. The Labute approximate surface area is 361 Å². The van der Waals surface area contributed by atoms with Crippen molar-refractivity contribution in [3.63, 3.8) is 0 Å². The van der Waals surface area contributed by atoms with E-state index in [1.807, 2.05) is 6.08 Å². The Balaban J connectivity index is 0.973. The molecule has 5 aromatic rings. The van der Waals surface area contributed by atoms with Crippen molar-refractivity contribution in [1.29, 1.82) is 0 Å². The number of benzene rings is 3. The molecular weight excluding hydrogens is 835 g/mol. The summed E-state index contributed by atoms with van der Waals surface area (Å²) in [5.74, 6) is -6.65. The lowest BCUT2D eigenvalue weighted by molar-refractivity contribution is -0.118. The van der Waals surface area contributed by atoms with Gasteiger partial charge < -0.3 is 56.7 Å². The number of anilines is 4. The normalized spacial score (nSPS) is 15.1. The molecule has 2 aliphatic rings. The zero-order valence-corrected chi connectivity index (χ0v) is 33.6. The van der Waals surface area contributed by atoms with Crippen LogP contribution in [0.15, 0.2) is 102 Å². The lowest BCUT2D eigenvalue weighted by Crippen LogP contribution is -2.45. The average Bonchev–Trinajstić information content (AvgIpc) is 3.99. The molecule has 2 unspecified atom stereocenters. The third-order valence-corrected chi connectivity index (χ3v) is 9.79. The van der Waals surface area contributed by atoms with Gasteiger partial charge in [0.1, 0.15) is 17.3 Å². The Morgan fingerprint density at radius 3 is 2.06 bits per heavy atom. The standard InChI is InChI=1S/C42H37N11O11/c1-63-35-29(13-9-25(33(35)54)39(58)49-28-14-10-26(42(61)62)34(55)36(28)64-2)50-40(59)30-12-8-23(17-43-30)48-41(60)32(16-24-18-46-53-52-24)51-37(56)20-3-6-22(7-4-20)47-38(57)21-5-11-27-31(15-21)45-19-44-27/h3-15,17-19,27,31-32,54-55H,16H2,1-2H3,(H,44,45)(H,47,57)(H,48,60)(H,49,58)(H,50,59)(H,51,56)(H,61,62)(H,46,52,53)/t27?,31?,32-/m0/s1. The average molecular weight is 872 g/mol. The number of nitrogens with one attached hydrogen (secondary N) is 7. The number of amides is 5. The minimum atomic E-state index is -1.43. The van der Waals surface area contributed by atoms with Gasteiger partial charge in [-0.3, -0.25) is 29.0 Å². The van der Waals surface area contributed by atoms with Gasteiger partial charge in [0.25, 0.3) is 23.6 Å². The number of fused-ring (bicyclic) bond motifs is 1. The summed E-state index contributed by atoms with van der Waals surface area (Å²) in [6, 6.07) is 12.2. The van der Waals surface area contributed by atoms with Gasteiger partial charge >= 0.3 is 5.97 Å². The van der Waals surface area contributed by atoms with Crippen molar-refractivity contribution in [3.05, 3.63) is 125 Å². The molecule has 3 heterocycles. The van der Waals surface area contributed by atoms with E-state index in [2.05, 4.69) is 57.3 Å². The SMILES string of the molecule is COc1c(NC(=O)c2ccc(NC(=O)c3ccc(NC(=O)[C@H](Cc4cn[nH]n4)NC(=O)c4ccc(NC(=O)C5=CC6NC=NC6C=C5)cc4)cn3)c(OC)c2O)ccc(C(=O)O)c1O. The summed E-state index contributed by atoms with van der Waals surface area (Å²) >= 11 is 0. The monoisotopic (exact) mass is 871 g/mol. The topological polar surface area (TPSA) is 321 Å². The molecule has 22 heteroatoms. The van der Waals surface area contributed by atoms with Crippen LogP contribution in [-0.4, -0.2) is 110 Å². The number of rotatable bonds is 15. The first-order chi connectivity index (χ1) is 30.8. The van der Waals surface area contributed by atoms with Crippen molar-refractivity contribution in [2.24, 2.45) is 4.99 Å². The van der Waals surface area contributed by atoms with Crippen LogP contribution in [0.3, 0.4) is 0 Å². The first-order valence-corrected chi connectivity index (χ1v) is 19.0. The number of ether oxygens (including phenoxy) is 2. The molecule has 326 valence electrons. The lowest BCUT2D eigenvalue weighted by atomic mass is 9.99. The Bertz CT molecular complexity index is 2740. The summed E-state index contributed by atoms with van der Waals surface area (Å²) in [5, 5.41) is 57.0. The quantitative estimate of drug-likeness (QED) is 0.0723. The van der Waals surface area contributed by atoms with Gasteiger partial charge in [0, 0.05) is 23.2 Å². The van der Waals surface area contributed by atoms with Gasteiger partial charge in [0.15, 0.2) is 23.0 Å². The fourth-order valence-corrected chi connectivity index (χ4v) is 6.53. The summed E-state index contributed by atoms with van der Waals surface area (Å²) in [6.07, 6.45) is 9.50. The Hall–Kier alpha value is -9.08. The van der Waals surface area contributed by atoms with Crippen LogP contribution in [0.1, 0.15) is 47.3 Å². The molecule has 0 fully saturated rings. The minimum Gasteiger partial charge on any atom is -0.504 e. The number of aromatic carboxylic acids is 1. The largest absolute Gasteiger partial charge is 0.504 e. The highest BCUT2D eigenvalue weighted by molar-refractivity contribution is 6.10. The lowest BCUT2D eigenvalue weighted by Gasteiger charge is -2.18. The molecule has 22 nitrogen and oxygen atoms in total. The zero-order chi connectivity index (χ0) is 45.5. The van der Waals surface area contributed by atoms with E-state index in [4.69, 9.17) is 9.47 Å². The molecule has 64 heavy (non-hydrogen) atoms. The molecule has 0 saturated carbocycles. The maximum absolute atomic E-state index is 13.6. The second-order valence-corrected chi connectivity index (χ2v) is 13.9. The summed E-state index contributed by atoms with van der Waals surface area (Å²) in [4.78, 5) is 86.0. The third kappa shape index (κ3) is 9.44. The van der Waals surface area contributed by atoms with E-state index < -0.39 is 52.7 Å². The second kappa shape index (κ2) is 18.7. The smallest absolute Gasteiger partial charge is 0.339 e. The number of carbonyl (C=O) groups is 6. The van der Waals surface area contributed by atoms with Crippen LogP contribution in [0.5, 0.6) is 23.0 Å². The maximum Gasteiger partial charge on any atom is 0.339 e. The number of phenolic OH excluding ortho intramolecular Hbond substituents is 1. The summed E-state index contributed by atoms with van der Waals surface area (Å²) in [5.41, 5.74) is 0.623. The number of H-pyrrole nitrogens is 1. The van der Waals surface area contributed by atoms with Crippen LogP contribution in [0.2, 0.25) is 0 Å². The second-order valence-electron chi connectivity index (χ2n) is 13.9. The predicted octanol–water partition coefficient (Wildman–Crippen LogP) is 2.61. The molecule has 0 radical (unpaired) electrons. The number of aromatic amines is 1. The van der Waals surface area contributed by atoms with Gasteiger partial charge in [-0.1, -0.05) is 12.2 Å². The van der Waals surface area contributed by atoms with Crippen LogP contribution in [0, 0.1) is 0 Å². The molecule has 0 bridgehead atoms. The molecule has 1 aliphatic heterocycles. The van der Waals surface area contributed by atoms with Crippen molar-refractivity contribution in [2.45, 2.75) is 24.5 Å². The molecular formula is C42H37N11O11. The number of nitrogens with zero attached hydrogens (tertiary/aromatic N) is 4. The fraction of sp³-hybridized carbons (Fsp3) is 0.143. The van der Waals surface area contributed by atoms with Crippen molar-refractivity contribution < 1.29 is 53.6 Å². The van der Waals surface area contributed by atoms with Crippen LogP contribution >= 0.6 is 0 Å². The highest BCUT2D eigenvalue weighted by Gasteiger charge is 2.27. The van der Waals surface area contributed by atoms with E-state index >= 15 is 0 Å². The Morgan fingerprint density at radius 2 is 1.42 bits per heavy atom. The van der Waals surface area contributed by atoms with E-state index in [9.17, 15) is 44.1 Å². The van der Waals surface area contributed by atoms with Gasteiger partial charge in [0.05, 0.1) is 73.4 Å². The molecule has 7 rings (SSSR count). The molecule has 10 N–H and O–H groups in total. The van der Waals surface area contributed by atoms with Crippen molar-refractivity contribution in [3.8, 4) is 23.0 Å². The maximum atomic E-state index is 13.6. The van der Waals surface area contributed by atoms with Gasteiger partial charge in [-0.2, -0.15) is 15.4 Å². The summed E-state index contributed by atoms with van der Waals surface area (Å²) in [6.45, 7) is 0. The van der Waals surface area contributed by atoms with Gasteiger partial charge in [-0.05, 0) is 66.7 Å². The fourth-order valence-electron chi connectivity index (χ4n) is 6.53. The van der Waals surface area contributed by atoms with E-state index in [1.54, 1.807) is 30.6 Å². The van der Waals surface area contributed by atoms with Crippen molar-refractivity contribution in [1.82, 2.24) is 31.0 Å². The highest BCUT2D eigenvalue weighted by Crippen LogP contribution is 2.40. The molecule has 3 aromatic carbocycles. The zero-order valence-electron chi connectivity index (χ0n) is 33.6. The number of carbonyl (C=O) groups excluding carboxylic acids is 5. The Kier molecular flexibility index (Phi) is 12.6. The van der Waals surface area contributed by atoms with Crippen LogP contribution in [0.25, 0.3) is 0 Å². The van der Waals surface area contributed by atoms with E-state index in [0.717, 1.165) is 13.2 Å². The Morgan fingerprint density at radius 1 is 0.750 bits per heavy atom.